The van der Waals surface area contributed by atoms with Gasteiger partial charge in [-0.25, -0.2) is 31.4 Å². The van der Waals surface area contributed by atoms with Crippen molar-refractivity contribution in [1.82, 2.24) is 14.3 Å². The summed E-state index contributed by atoms with van der Waals surface area (Å²) in [6.07, 6.45) is 0.725. The number of ether oxygens (including phenoxy) is 2. The molecule has 1 N–H and O–H groups in total. The highest BCUT2D eigenvalue weighted by atomic mass is 35.5. The van der Waals surface area contributed by atoms with Crippen LogP contribution in [0.5, 0.6) is 0 Å². The molecule has 1 saturated heterocycles. The van der Waals surface area contributed by atoms with Crippen molar-refractivity contribution in [1.29, 1.82) is 0 Å². The molecule has 0 saturated carbocycles. The predicted octanol–water partition coefficient (Wildman–Crippen LogP) is 3.45. The summed E-state index contributed by atoms with van der Waals surface area (Å²) in [5.41, 5.74) is -0.672. The molecule has 188 valence electrons. The fraction of sp³-hybridized carbons (Fsp3) is 0.333. The Morgan fingerprint density at radius 1 is 1.26 bits per heavy atom. The van der Waals surface area contributed by atoms with E-state index >= 15 is 8.78 Å². The van der Waals surface area contributed by atoms with Crippen LogP contribution in [0.15, 0.2) is 24.4 Å². The Hall–Kier alpha value is -3.03. The number of nitrogens with one attached hydrogen (secondary N) is 1. The number of pyridine rings is 1. The minimum absolute atomic E-state index is 0.00723. The van der Waals surface area contributed by atoms with Gasteiger partial charge in [-0.2, -0.15) is 0 Å². The molecule has 0 radical (unpaired) electrons. The molecule has 9 nitrogen and oxygen atoms in total. The van der Waals surface area contributed by atoms with Crippen molar-refractivity contribution in [3.8, 4) is 11.3 Å². The smallest absolute Gasteiger partial charge is 0.409 e. The number of nitrogens with zero attached hydrogens (tertiary/aromatic N) is 3. The Labute approximate surface area is 203 Å². The van der Waals surface area contributed by atoms with Crippen LogP contribution in [0, 0.1) is 17.5 Å². The minimum atomic E-state index is -3.78. The van der Waals surface area contributed by atoms with E-state index in [-0.39, 0.29) is 47.3 Å². The topological polar surface area (TPSA) is 102 Å². The molecular formula is C21H20ClF3N4O5S. The molecule has 1 atom stereocenters. The van der Waals surface area contributed by atoms with Crippen LogP contribution in [0.2, 0.25) is 5.02 Å². The third kappa shape index (κ3) is 5.31. The number of fused-ring (bicyclic) bond motifs is 1. The van der Waals surface area contributed by atoms with E-state index in [4.69, 9.17) is 21.1 Å². The molecule has 14 heteroatoms. The van der Waals surface area contributed by atoms with Gasteiger partial charge < -0.3 is 18.8 Å². The zero-order valence-corrected chi connectivity index (χ0v) is 20.1. The number of methoxy groups -OCH3 is 1. The highest BCUT2D eigenvalue weighted by molar-refractivity contribution is 7.92. The fourth-order valence-corrected chi connectivity index (χ4v) is 4.60. The lowest BCUT2D eigenvalue weighted by atomic mass is 10.0. The number of rotatable bonds is 5. The van der Waals surface area contributed by atoms with Gasteiger partial charge in [0.25, 0.3) is 0 Å². The van der Waals surface area contributed by atoms with E-state index in [1.807, 2.05) is 4.72 Å². The summed E-state index contributed by atoms with van der Waals surface area (Å²) in [6.45, 7) is 0.615. The summed E-state index contributed by atoms with van der Waals surface area (Å²) in [5.74, 6) is -2.96. The van der Waals surface area contributed by atoms with Gasteiger partial charge in [0.05, 0.1) is 60.3 Å². The molecule has 3 heterocycles. The summed E-state index contributed by atoms with van der Waals surface area (Å²) >= 11 is 5.88. The van der Waals surface area contributed by atoms with E-state index in [1.54, 1.807) is 0 Å². The molecular weight excluding hydrogens is 513 g/mol. The lowest BCUT2D eigenvalue weighted by molar-refractivity contribution is -0.0241. The van der Waals surface area contributed by atoms with Crippen LogP contribution in [0.1, 0.15) is 5.69 Å². The molecule has 35 heavy (non-hydrogen) atoms. The van der Waals surface area contributed by atoms with E-state index in [9.17, 15) is 17.6 Å². The first-order valence-corrected chi connectivity index (χ1v) is 12.5. The van der Waals surface area contributed by atoms with Crippen LogP contribution in [0.4, 0.5) is 23.7 Å². The molecule has 3 aromatic rings. The molecule has 0 bridgehead atoms. The fourth-order valence-electron chi connectivity index (χ4n) is 3.91. The van der Waals surface area contributed by atoms with Crippen molar-refractivity contribution in [2.75, 3.05) is 37.8 Å². The molecule has 1 fully saturated rings. The second kappa shape index (κ2) is 9.55. The summed E-state index contributed by atoms with van der Waals surface area (Å²) in [5, 5.41) is -0.236. The maximum atomic E-state index is 15.1. The number of morpholine rings is 1. The SMILES string of the molecule is COC(=O)N1CCO[C@@H](Cc2c(-c3c(F)cc(NS(C)(=O)=O)cc3F)nc3cc(Cl)c(F)cn23)C1. The van der Waals surface area contributed by atoms with Gasteiger partial charge in [0.2, 0.25) is 10.0 Å². The number of amides is 1. The molecule has 1 aliphatic heterocycles. The predicted molar refractivity (Wildman–Crippen MR) is 121 cm³/mol. The van der Waals surface area contributed by atoms with Gasteiger partial charge in [0.15, 0.2) is 5.82 Å². The summed E-state index contributed by atoms with van der Waals surface area (Å²) in [6, 6.07) is 2.84. The highest BCUT2D eigenvalue weighted by Gasteiger charge is 2.29. The Morgan fingerprint density at radius 2 is 1.94 bits per heavy atom. The third-order valence-electron chi connectivity index (χ3n) is 5.34. The number of carbonyl (C=O) groups is 1. The number of hydrogen-bond donors (Lipinski definition) is 1. The first kappa shape index (κ1) is 25.1. The van der Waals surface area contributed by atoms with Gasteiger partial charge >= 0.3 is 6.09 Å². The number of aromatic nitrogens is 2. The van der Waals surface area contributed by atoms with E-state index < -0.39 is 45.2 Å². The van der Waals surface area contributed by atoms with E-state index in [2.05, 4.69) is 4.98 Å². The van der Waals surface area contributed by atoms with E-state index in [0.29, 0.717) is 6.54 Å². The maximum Gasteiger partial charge on any atom is 0.409 e. The monoisotopic (exact) mass is 532 g/mol. The minimum Gasteiger partial charge on any atom is -0.453 e. The highest BCUT2D eigenvalue weighted by Crippen LogP contribution is 2.34. The van der Waals surface area contributed by atoms with Crippen molar-refractivity contribution in [2.45, 2.75) is 12.5 Å². The largest absolute Gasteiger partial charge is 0.453 e. The molecule has 0 unspecified atom stereocenters. The molecule has 1 aromatic carbocycles. The summed E-state index contributed by atoms with van der Waals surface area (Å²) in [4.78, 5) is 17.6. The summed E-state index contributed by atoms with van der Waals surface area (Å²) < 4.78 is 81.2. The Balaban J connectivity index is 1.82. The van der Waals surface area contributed by atoms with Crippen molar-refractivity contribution >= 4 is 39.1 Å². The Kier molecular flexibility index (Phi) is 6.84. The lowest BCUT2D eigenvalue weighted by Gasteiger charge is -2.32. The van der Waals surface area contributed by atoms with Gasteiger partial charge in [0.1, 0.15) is 17.3 Å². The van der Waals surface area contributed by atoms with E-state index in [0.717, 1.165) is 24.6 Å². The van der Waals surface area contributed by atoms with Crippen molar-refractivity contribution < 1.29 is 35.9 Å². The first-order valence-electron chi connectivity index (χ1n) is 10.2. The molecule has 4 rings (SSSR count). The zero-order chi connectivity index (χ0) is 25.5. The second-order valence-electron chi connectivity index (χ2n) is 7.91. The molecule has 0 aliphatic carbocycles. The molecule has 2 aromatic heterocycles. The molecule has 1 amide bonds. The van der Waals surface area contributed by atoms with Gasteiger partial charge in [-0.15, -0.1) is 0 Å². The van der Waals surface area contributed by atoms with E-state index in [1.165, 1.54) is 22.5 Å². The van der Waals surface area contributed by atoms with Crippen molar-refractivity contribution in [2.24, 2.45) is 0 Å². The van der Waals surface area contributed by atoms with Crippen LogP contribution < -0.4 is 4.72 Å². The van der Waals surface area contributed by atoms with Gasteiger partial charge in [-0.3, -0.25) is 4.72 Å². The second-order valence-corrected chi connectivity index (χ2v) is 10.1. The van der Waals surface area contributed by atoms with Crippen LogP contribution >= 0.6 is 11.6 Å². The Bertz CT molecular complexity index is 1390. The number of halogens is 4. The number of anilines is 1. The van der Waals surface area contributed by atoms with Crippen molar-refractivity contribution in [3.63, 3.8) is 0 Å². The van der Waals surface area contributed by atoms with Gasteiger partial charge in [-0.1, -0.05) is 11.6 Å². The lowest BCUT2D eigenvalue weighted by Crippen LogP contribution is -2.46. The zero-order valence-electron chi connectivity index (χ0n) is 18.5. The average Bonchev–Trinajstić information content (AvgIpc) is 3.08. The number of benzene rings is 1. The number of imidazole rings is 1. The average molecular weight is 533 g/mol. The number of carbonyl (C=O) groups excluding carboxylic acids is 1. The normalized spacial score (nSPS) is 16.5. The molecule has 0 spiro atoms. The number of hydrogen-bond acceptors (Lipinski definition) is 6. The van der Waals surface area contributed by atoms with Crippen molar-refractivity contribution in [3.05, 3.63) is 52.6 Å². The standard InChI is InChI=1S/C21H20ClF3N4O5S/c1-33-21(30)28-3-4-34-12(9-28)7-17-20(26-18-8-13(22)16(25)10-29(17)18)19-14(23)5-11(6-15(19)24)27-35(2,31)32/h5-6,8,10,12,27H,3-4,7,9H2,1-2H3/t12-/m0/s1. The van der Waals surface area contributed by atoms with Crippen LogP contribution in [-0.4, -0.2) is 68.0 Å². The maximum absolute atomic E-state index is 15.1. The van der Waals surface area contributed by atoms with Gasteiger partial charge in [-0.05, 0) is 12.1 Å². The first-order chi connectivity index (χ1) is 16.5. The van der Waals surface area contributed by atoms with Crippen LogP contribution in [-0.2, 0) is 25.9 Å². The van der Waals surface area contributed by atoms with Gasteiger partial charge in [0, 0.05) is 25.2 Å². The number of sulfonamides is 1. The third-order valence-corrected chi connectivity index (χ3v) is 6.23. The Morgan fingerprint density at radius 3 is 2.57 bits per heavy atom. The van der Waals surface area contributed by atoms with Crippen LogP contribution in [0.25, 0.3) is 16.9 Å². The molecule has 1 aliphatic rings. The quantitative estimate of drug-likeness (QED) is 0.540. The summed E-state index contributed by atoms with van der Waals surface area (Å²) in [7, 11) is -2.53. The van der Waals surface area contributed by atoms with Crippen LogP contribution in [0.3, 0.4) is 0 Å².